The molecule has 21 heavy (non-hydrogen) atoms. The first kappa shape index (κ1) is 15.4. The highest BCUT2D eigenvalue weighted by Crippen LogP contribution is 2.21. The Balaban J connectivity index is 2.15. The average molecular weight is 309 g/mol. The van der Waals surface area contributed by atoms with Gasteiger partial charge < -0.3 is 20.9 Å². The van der Waals surface area contributed by atoms with Crippen LogP contribution in [0.5, 0.6) is 0 Å². The number of hydrogen-bond acceptors (Lipinski definition) is 9. The van der Waals surface area contributed by atoms with Crippen LogP contribution in [0, 0.1) is 0 Å². The summed E-state index contributed by atoms with van der Waals surface area (Å²) < 4.78 is 1.97. The van der Waals surface area contributed by atoms with E-state index in [9.17, 15) is 0 Å². The molecule has 0 unspecified atom stereocenters. The molecule has 2 aromatic heterocycles. The Hall–Kier alpha value is -1.94. The molecular formula is C11H19N9S. The fourth-order valence-corrected chi connectivity index (χ4v) is 2.59. The second kappa shape index (κ2) is 6.68. The number of nitrogens with zero attached hydrogens (tertiary/aromatic N) is 7. The quantitative estimate of drug-likeness (QED) is 0.702. The van der Waals surface area contributed by atoms with Crippen LogP contribution in [0.1, 0.15) is 18.6 Å². The minimum Gasteiger partial charge on any atom is -0.368 e. The van der Waals surface area contributed by atoms with Crippen LogP contribution in [0.25, 0.3) is 0 Å². The van der Waals surface area contributed by atoms with Crippen molar-refractivity contribution in [3.63, 3.8) is 0 Å². The van der Waals surface area contributed by atoms with Crippen LogP contribution in [-0.2, 0) is 18.8 Å². The number of thioether (sulfide) groups is 1. The standard InChI is InChI=1S/C11H19N9S/c1-4-20-8(5-12)17-18-11(20)21-6-7-14-9(13)16-10(15-7)19(2)3/h4-6,12H2,1-3H3,(H2,13,14,15,16). The third kappa shape index (κ3) is 3.58. The molecule has 9 nitrogen and oxygen atoms in total. The molecular weight excluding hydrogens is 290 g/mol. The molecule has 0 aliphatic carbocycles. The van der Waals surface area contributed by atoms with Crippen LogP contribution < -0.4 is 16.4 Å². The highest BCUT2D eigenvalue weighted by Gasteiger charge is 2.12. The van der Waals surface area contributed by atoms with Gasteiger partial charge in [-0.25, -0.2) is 0 Å². The number of aromatic nitrogens is 6. The largest absolute Gasteiger partial charge is 0.368 e. The van der Waals surface area contributed by atoms with Crippen molar-refractivity contribution < 1.29 is 0 Å². The van der Waals surface area contributed by atoms with Crippen molar-refractivity contribution in [3.05, 3.63) is 11.6 Å². The summed E-state index contributed by atoms with van der Waals surface area (Å²) in [4.78, 5) is 14.3. The Morgan fingerprint density at radius 2 is 1.95 bits per heavy atom. The summed E-state index contributed by atoms with van der Waals surface area (Å²) in [5.74, 6) is 2.66. The molecule has 0 atom stereocenters. The van der Waals surface area contributed by atoms with E-state index in [1.807, 2.05) is 25.6 Å². The predicted molar refractivity (Wildman–Crippen MR) is 81.7 cm³/mol. The van der Waals surface area contributed by atoms with E-state index in [0.29, 0.717) is 24.1 Å². The van der Waals surface area contributed by atoms with Gasteiger partial charge in [0.25, 0.3) is 0 Å². The summed E-state index contributed by atoms with van der Waals surface area (Å²) in [6.45, 7) is 3.16. The van der Waals surface area contributed by atoms with E-state index in [4.69, 9.17) is 11.5 Å². The molecule has 2 heterocycles. The second-order valence-corrected chi connectivity index (χ2v) is 5.38. The van der Waals surface area contributed by atoms with Crippen molar-refractivity contribution in [3.8, 4) is 0 Å². The van der Waals surface area contributed by atoms with Crippen molar-refractivity contribution in [2.24, 2.45) is 5.73 Å². The molecule has 0 aliphatic rings. The van der Waals surface area contributed by atoms with Gasteiger partial charge >= 0.3 is 0 Å². The van der Waals surface area contributed by atoms with Gasteiger partial charge in [-0.05, 0) is 6.92 Å². The van der Waals surface area contributed by atoms with Gasteiger partial charge in [0, 0.05) is 20.6 Å². The predicted octanol–water partition coefficient (Wildman–Crippen LogP) is -0.118. The maximum absolute atomic E-state index is 5.70. The van der Waals surface area contributed by atoms with Crippen molar-refractivity contribution in [1.82, 2.24) is 29.7 Å². The zero-order chi connectivity index (χ0) is 15.4. The summed E-state index contributed by atoms with van der Waals surface area (Å²) in [5.41, 5.74) is 11.3. The number of anilines is 2. The molecule has 0 saturated heterocycles. The van der Waals surface area contributed by atoms with Gasteiger partial charge in [-0.15, -0.1) is 10.2 Å². The minimum absolute atomic E-state index is 0.212. The first-order valence-electron chi connectivity index (χ1n) is 6.47. The van der Waals surface area contributed by atoms with E-state index in [1.165, 1.54) is 11.8 Å². The third-order valence-electron chi connectivity index (χ3n) is 2.71. The molecule has 2 aromatic rings. The highest BCUT2D eigenvalue weighted by atomic mass is 32.2. The third-order valence-corrected chi connectivity index (χ3v) is 3.67. The lowest BCUT2D eigenvalue weighted by atomic mass is 10.6. The minimum atomic E-state index is 0.212. The molecule has 0 spiro atoms. The molecule has 0 aliphatic heterocycles. The van der Waals surface area contributed by atoms with Gasteiger partial charge in [0.1, 0.15) is 11.6 Å². The molecule has 2 rings (SSSR count). The SMILES string of the molecule is CCn1c(CN)nnc1SCc1nc(N)nc(N(C)C)n1. The van der Waals surface area contributed by atoms with Gasteiger partial charge in [0.2, 0.25) is 11.9 Å². The Labute approximate surface area is 127 Å². The molecule has 0 radical (unpaired) electrons. The van der Waals surface area contributed by atoms with Crippen LogP contribution in [0.3, 0.4) is 0 Å². The van der Waals surface area contributed by atoms with Crippen LogP contribution in [-0.4, -0.2) is 43.8 Å². The van der Waals surface area contributed by atoms with Crippen molar-refractivity contribution in [1.29, 1.82) is 0 Å². The Morgan fingerprint density at radius 1 is 1.19 bits per heavy atom. The summed E-state index contributed by atoms with van der Waals surface area (Å²) in [5, 5.41) is 8.99. The first-order valence-corrected chi connectivity index (χ1v) is 7.46. The first-order chi connectivity index (χ1) is 10.0. The van der Waals surface area contributed by atoms with E-state index in [1.54, 1.807) is 4.90 Å². The van der Waals surface area contributed by atoms with Crippen LogP contribution in [0.4, 0.5) is 11.9 Å². The smallest absolute Gasteiger partial charge is 0.229 e. The Bertz CT molecular complexity index is 610. The molecule has 0 amide bonds. The molecule has 4 N–H and O–H groups in total. The van der Waals surface area contributed by atoms with Gasteiger partial charge in [0.15, 0.2) is 5.16 Å². The molecule has 0 bridgehead atoms. The normalized spacial score (nSPS) is 10.9. The van der Waals surface area contributed by atoms with E-state index in [2.05, 4.69) is 25.1 Å². The monoisotopic (exact) mass is 309 g/mol. The molecule has 10 heteroatoms. The van der Waals surface area contributed by atoms with Gasteiger partial charge in [-0.2, -0.15) is 15.0 Å². The van der Waals surface area contributed by atoms with E-state index in [0.717, 1.165) is 17.5 Å². The zero-order valence-electron chi connectivity index (χ0n) is 12.3. The lowest BCUT2D eigenvalue weighted by Gasteiger charge is -2.11. The fourth-order valence-electron chi connectivity index (χ4n) is 1.71. The van der Waals surface area contributed by atoms with E-state index in [-0.39, 0.29) is 5.95 Å². The van der Waals surface area contributed by atoms with Crippen molar-refractivity contribution in [2.75, 3.05) is 24.7 Å². The second-order valence-electron chi connectivity index (χ2n) is 4.44. The van der Waals surface area contributed by atoms with Crippen molar-refractivity contribution in [2.45, 2.75) is 30.9 Å². The summed E-state index contributed by atoms with van der Waals surface area (Å²) >= 11 is 1.50. The molecule has 0 saturated carbocycles. The zero-order valence-corrected chi connectivity index (χ0v) is 13.1. The molecule has 0 fully saturated rings. The topological polar surface area (TPSA) is 125 Å². The lowest BCUT2D eigenvalue weighted by Crippen LogP contribution is -2.16. The summed E-state index contributed by atoms with van der Waals surface area (Å²) in [7, 11) is 3.71. The van der Waals surface area contributed by atoms with Gasteiger partial charge in [-0.3, -0.25) is 0 Å². The fraction of sp³-hybridized carbons (Fsp3) is 0.545. The van der Waals surface area contributed by atoms with Crippen LogP contribution in [0.2, 0.25) is 0 Å². The number of hydrogen-bond donors (Lipinski definition) is 2. The van der Waals surface area contributed by atoms with Crippen LogP contribution >= 0.6 is 11.8 Å². The number of nitrogen functional groups attached to an aromatic ring is 1. The van der Waals surface area contributed by atoms with Gasteiger partial charge in [-0.1, -0.05) is 11.8 Å². The highest BCUT2D eigenvalue weighted by molar-refractivity contribution is 7.98. The Morgan fingerprint density at radius 3 is 2.57 bits per heavy atom. The summed E-state index contributed by atoms with van der Waals surface area (Å²) in [6.07, 6.45) is 0. The van der Waals surface area contributed by atoms with Crippen molar-refractivity contribution >= 4 is 23.7 Å². The average Bonchev–Trinajstić information content (AvgIpc) is 2.86. The van der Waals surface area contributed by atoms with E-state index < -0.39 is 0 Å². The molecule has 0 aromatic carbocycles. The number of nitrogens with two attached hydrogens (primary N) is 2. The van der Waals surface area contributed by atoms with Crippen LogP contribution in [0.15, 0.2) is 5.16 Å². The van der Waals surface area contributed by atoms with Gasteiger partial charge in [0.05, 0.1) is 12.3 Å². The Kier molecular flexibility index (Phi) is 4.91. The maximum Gasteiger partial charge on any atom is 0.229 e. The molecule has 114 valence electrons. The van der Waals surface area contributed by atoms with E-state index >= 15 is 0 Å². The summed E-state index contributed by atoms with van der Waals surface area (Å²) in [6, 6.07) is 0. The number of rotatable bonds is 6. The maximum atomic E-state index is 5.70. The lowest BCUT2D eigenvalue weighted by molar-refractivity contribution is 0.642.